The molecule has 0 amide bonds. The van der Waals surface area contributed by atoms with Crippen molar-refractivity contribution in [3.8, 4) is 0 Å². The van der Waals surface area contributed by atoms with Gasteiger partial charge in [-0.05, 0) is 43.6 Å². The van der Waals surface area contributed by atoms with E-state index in [1.165, 1.54) is 45.1 Å². The van der Waals surface area contributed by atoms with E-state index in [1.807, 2.05) is 0 Å². The lowest BCUT2D eigenvalue weighted by Crippen LogP contribution is -2.43. The zero-order chi connectivity index (χ0) is 13.6. The zero-order valence-electron chi connectivity index (χ0n) is 12.8. The van der Waals surface area contributed by atoms with Crippen LogP contribution >= 0.6 is 0 Å². The lowest BCUT2D eigenvalue weighted by atomic mass is 9.78. The van der Waals surface area contributed by atoms with Gasteiger partial charge in [0.2, 0.25) is 0 Å². The van der Waals surface area contributed by atoms with Crippen molar-refractivity contribution in [2.75, 3.05) is 32.8 Å². The van der Waals surface area contributed by atoms with Crippen molar-refractivity contribution in [2.45, 2.75) is 58.4 Å². The summed E-state index contributed by atoms with van der Waals surface area (Å²) in [7, 11) is 0. The van der Waals surface area contributed by atoms with Gasteiger partial charge in [-0.25, -0.2) is 0 Å². The lowest BCUT2D eigenvalue weighted by molar-refractivity contribution is 0.0738. The van der Waals surface area contributed by atoms with Gasteiger partial charge in [0.25, 0.3) is 0 Å². The third-order valence-electron chi connectivity index (χ3n) is 4.67. The molecule has 1 atom stereocenters. The number of rotatable bonds is 7. The average Bonchev–Trinajstić information content (AvgIpc) is 2.84. The van der Waals surface area contributed by atoms with Gasteiger partial charge in [0.15, 0.2) is 0 Å². The molecular weight excluding hydrogens is 236 g/mol. The highest BCUT2D eigenvalue weighted by atomic mass is 16.5. The molecule has 2 rings (SSSR count). The van der Waals surface area contributed by atoms with Gasteiger partial charge in [0, 0.05) is 19.1 Å². The molecule has 0 aromatic rings. The van der Waals surface area contributed by atoms with Crippen LogP contribution in [0.5, 0.6) is 0 Å². The summed E-state index contributed by atoms with van der Waals surface area (Å²) >= 11 is 0. The smallest absolute Gasteiger partial charge is 0.0620 e. The van der Waals surface area contributed by atoms with Crippen molar-refractivity contribution in [2.24, 2.45) is 11.3 Å². The van der Waals surface area contributed by atoms with E-state index in [1.54, 1.807) is 0 Å². The van der Waals surface area contributed by atoms with Crippen molar-refractivity contribution in [1.82, 2.24) is 10.6 Å². The minimum Gasteiger partial charge on any atom is -0.379 e. The van der Waals surface area contributed by atoms with Gasteiger partial charge < -0.3 is 15.4 Å². The largest absolute Gasteiger partial charge is 0.379 e. The van der Waals surface area contributed by atoms with Crippen LogP contribution in [0.25, 0.3) is 0 Å². The monoisotopic (exact) mass is 268 g/mol. The van der Waals surface area contributed by atoms with E-state index in [-0.39, 0.29) is 0 Å². The van der Waals surface area contributed by atoms with Crippen LogP contribution in [-0.4, -0.2) is 38.9 Å². The second kappa shape index (κ2) is 7.61. The number of nitrogens with one attached hydrogen (secondary N) is 2. The summed E-state index contributed by atoms with van der Waals surface area (Å²) < 4.78 is 5.49. The molecule has 2 fully saturated rings. The third-order valence-corrected chi connectivity index (χ3v) is 4.67. The topological polar surface area (TPSA) is 33.3 Å². The van der Waals surface area contributed by atoms with E-state index in [2.05, 4.69) is 24.5 Å². The van der Waals surface area contributed by atoms with E-state index in [0.717, 1.165) is 32.2 Å². The van der Waals surface area contributed by atoms with Crippen LogP contribution in [-0.2, 0) is 4.74 Å². The Morgan fingerprint density at radius 1 is 1.32 bits per heavy atom. The Bertz CT molecular complexity index is 243. The molecule has 1 saturated carbocycles. The highest BCUT2D eigenvalue weighted by molar-refractivity contribution is 4.87. The predicted molar refractivity (Wildman–Crippen MR) is 80.5 cm³/mol. The molecule has 19 heavy (non-hydrogen) atoms. The van der Waals surface area contributed by atoms with Gasteiger partial charge >= 0.3 is 0 Å². The molecule has 0 aromatic carbocycles. The minimum absolute atomic E-state index is 0.561. The molecule has 2 N–H and O–H groups in total. The van der Waals surface area contributed by atoms with Crippen molar-refractivity contribution < 1.29 is 4.74 Å². The SMILES string of the molecule is CC(C)CC1(CNCCC2COCCN2)CCCC1. The molecule has 3 nitrogen and oxygen atoms in total. The number of hydrogen-bond acceptors (Lipinski definition) is 3. The van der Waals surface area contributed by atoms with E-state index >= 15 is 0 Å². The second-order valence-electron chi connectivity index (χ2n) is 7.00. The van der Waals surface area contributed by atoms with Crippen molar-refractivity contribution in [3.63, 3.8) is 0 Å². The predicted octanol–water partition coefficient (Wildman–Crippen LogP) is 2.56. The highest BCUT2D eigenvalue weighted by Crippen LogP contribution is 2.42. The molecule has 112 valence electrons. The summed E-state index contributed by atoms with van der Waals surface area (Å²) in [5.41, 5.74) is 0.602. The standard InChI is InChI=1S/C16H32N2O/c1-14(2)11-16(6-3-4-7-16)13-17-8-5-15-12-19-10-9-18-15/h14-15,17-18H,3-13H2,1-2H3. The molecular formula is C16H32N2O. The van der Waals surface area contributed by atoms with Crippen LogP contribution in [0.3, 0.4) is 0 Å². The van der Waals surface area contributed by atoms with Crippen LogP contribution in [0, 0.1) is 11.3 Å². The maximum Gasteiger partial charge on any atom is 0.0620 e. The van der Waals surface area contributed by atoms with Crippen LogP contribution in [0.15, 0.2) is 0 Å². The molecule has 2 aliphatic rings. The fourth-order valence-electron chi connectivity index (χ4n) is 3.88. The van der Waals surface area contributed by atoms with Crippen LogP contribution < -0.4 is 10.6 Å². The van der Waals surface area contributed by atoms with Crippen molar-refractivity contribution in [1.29, 1.82) is 0 Å². The Balaban J connectivity index is 1.64. The fraction of sp³-hybridized carbons (Fsp3) is 1.00. The maximum atomic E-state index is 5.49. The van der Waals surface area contributed by atoms with E-state index < -0.39 is 0 Å². The molecule has 1 unspecified atom stereocenters. The van der Waals surface area contributed by atoms with Gasteiger partial charge in [0.1, 0.15) is 0 Å². The first kappa shape index (κ1) is 15.3. The third kappa shape index (κ3) is 5.05. The zero-order valence-corrected chi connectivity index (χ0v) is 12.8. The Kier molecular flexibility index (Phi) is 6.11. The average molecular weight is 268 g/mol. The molecule has 1 heterocycles. The molecule has 0 radical (unpaired) electrons. The molecule has 0 spiro atoms. The minimum atomic E-state index is 0.561. The first-order chi connectivity index (χ1) is 9.20. The normalized spacial score (nSPS) is 27.0. The summed E-state index contributed by atoms with van der Waals surface area (Å²) in [6, 6.07) is 0.561. The maximum absolute atomic E-state index is 5.49. The number of morpholine rings is 1. The summed E-state index contributed by atoms with van der Waals surface area (Å²) in [5, 5.41) is 7.25. The van der Waals surface area contributed by atoms with Gasteiger partial charge in [-0.15, -0.1) is 0 Å². The van der Waals surface area contributed by atoms with Crippen molar-refractivity contribution >= 4 is 0 Å². The summed E-state index contributed by atoms with van der Waals surface area (Å²) in [4.78, 5) is 0. The highest BCUT2D eigenvalue weighted by Gasteiger charge is 2.33. The fourth-order valence-corrected chi connectivity index (χ4v) is 3.88. The van der Waals surface area contributed by atoms with E-state index in [9.17, 15) is 0 Å². The molecule has 0 aromatic heterocycles. The van der Waals surface area contributed by atoms with Crippen molar-refractivity contribution in [3.05, 3.63) is 0 Å². The molecule has 1 saturated heterocycles. The Labute approximate surface area is 118 Å². The number of ether oxygens (including phenoxy) is 1. The Morgan fingerprint density at radius 2 is 2.11 bits per heavy atom. The second-order valence-corrected chi connectivity index (χ2v) is 7.00. The van der Waals surface area contributed by atoms with Gasteiger partial charge in [0.05, 0.1) is 13.2 Å². The van der Waals surface area contributed by atoms with E-state index in [0.29, 0.717) is 11.5 Å². The molecule has 0 bridgehead atoms. The first-order valence-electron chi connectivity index (χ1n) is 8.22. The molecule has 1 aliphatic heterocycles. The Morgan fingerprint density at radius 3 is 2.74 bits per heavy atom. The number of hydrogen-bond donors (Lipinski definition) is 2. The molecule has 3 heteroatoms. The summed E-state index contributed by atoms with van der Waals surface area (Å²) in [6.07, 6.45) is 8.33. The summed E-state index contributed by atoms with van der Waals surface area (Å²) in [6.45, 7) is 9.86. The Hall–Kier alpha value is -0.120. The quantitative estimate of drug-likeness (QED) is 0.696. The van der Waals surface area contributed by atoms with Crippen LogP contribution in [0.4, 0.5) is 0 Å². The van der Waals surface area contributed by atoms with Gasteiger partial charge in [-0.2, -0.15) is 0 Å². The van der Waals surface area contributed by atoms with Crippen LogP contribution in [0.1, 0.15) is 52.4 Å². The van der Waals surface area contributed by atoms with Crippen LogP contribution in [0.2, 0.25) is 0 Å². The molecule has 1 aliphatic carbocycles. The summed E-state index contributed by atoms with van der Waals surface area (Å²) in [5.74, 6) is 0.827. The van der Waals surface area contributed by atoms with E-state index in [4.69, 9.17) is 4.74 Å². The van der Waals surface area contributed by atoms with Gasteiger partial charge in [-0.3, -0.25) is 0 Å². The lowest BCUT2D eigenvalue weighted by Gasteiger charge is -2.32. The van der Waals surface area contributed by atoms with Gasteiger partial charge in [-0.1, -0.05) is 26.7 Å². The first-order valence-corrected chi connectivity index (χ1v) is 8.22.